The van der Waals surface area contributed by atoms with Crippen molar-refractivity contribution in [2.45, 2.75) is 18.2 Å². The van der Waals surface area contributed by atoms with Gasteiger partial charge in [-0.05, 0) is 43.2 Å². The summed E-state index contributed by atoms with van der Waals surface area (Å²) in [5.41, 5.74) is 3.04. The van der Waals surface area contributed by atoms with Crippen molar-refractivity contribution < 1.29 is 8.42 Å². The van der Waals surface area contributed by atoms with Crippen LogP contribution in [-0.2, 0) is 16.4 Å². The fourth-order valence-electron chi connectivity index (χ4n) is 1.85. The molecule has 0 saturated carbocycles. The number of sulfonamides is 1. The smallest absolute Gasteiger partial charge is 0.238 e. The van der Waals surface area contributed by atoms with Crippen molar-refractivity contribution >= 4 is 15.7 Å². The van der Waals surface area contributed by atoms with Crippen molar-refractivity contribution in [1.82, 2.24) is 4.98 Å². The fraction of sp³-hybridized carbons (Fsp3) is 0.214. The zero-order valence-corrected chi connectivity index (χ0v) is 12.0. The van der Waals surface area contributed by atoms with E-state index in [2.05, 4.69) is 10.3 Å². The van der Waals surface area contributed by atoms with Gasteiger partial charge in [0, 0.05) is 24.1 Å². The number of benzene rings is 1. The third-order valence-corrected chi connectivity index (χ3v) is 3.82. The first-order chi connectivity index (χ1) is 9.45. The minimum atomic E-state index is -3.61. The van der Waals surface area contributed by atoms with Crippen molar-refractivity contribution in [2.24, 2.45) is 5.14 Å². The Hall–Kier alpha value is -1.92. The standard InChI is InChI=1S/C14H17N3O2S/c1-11-10-13(7-9-16-11)17-8-6-12-2-4-14(5-3-12)20(15,18)19/h2-5,7,9-10H,6,8H2,1H3,(H,16,17)(H2,15,18,19). The second-order valence-electron chi connectivity index (χ2n) is 4.55. The normalized spacial score (nSPS) is 11.3. The van der Waals surface area contributed by atoms with E-state index < -0.39 is 10.0 Å². The molecule has 0 aliphatic heterocycles. The summed E-state index contributed by atoms with van der Waals surface area (Å²) in [7, 11) is -3.61. The van der Waals surface area contributed by atoms with Crippen LogP contribution in [-0.4, -0.2) is 19.9 Å². The van der Waals surface area contributed by atoms with Crippen molar-refractivity contribution in [2.75, 3.05) is 11.9 Å². The molecule has 0 aliphatic rings. The first kappa shape index (κ1) is 14.5. The van der Waals surface area contributed by atoms with Gasteiger partial charge in [-0.3, -0.25) is 4.98 Å². The summed E-state index contributed by atoms with van der Waals surface area (Å²) < 4.78 is 22.3. The monoisotopic (exact) mass is 291 g/mol. The van der Waals surface area contributed by atoms with Crippen molar-refractivity contribution in [3.05, 3.63) is 53.9 Å². The highest BCUT2D eigenvalue weighted by Crippen LogP contribution is 2.10. The molecule has 6 heteroatoms. The van der Waals surface area contributed by atoms with E-state index in [1.165, 1.54) is 12.1 Å². The lowest BCUT2D eigenvalue weighted by atomic mass is 10.1. The maximum Gasteiger partial charge on any atom is 0.238 e. The number of rotatable bonds is 5. The van der Waals surface area contributed by atoms with Gasteiger partial charge in [-0.25, -0.2) is 13.6 Å². The molecule has 0 atom stereocenters. The Balaban J connectivity index is 1.92. The van der Waals surface area contributed by atoms with Gasteiger partial charge in [0.15, 0.2) is 0 Å². The van der Waals surface area contributed by atoms with Crippen molar-refractivity contribution in [3.63, 3.8) is 0 Å². The molecule has 1 aromatic heterocycles. The number of nitrogens with one attached hydrogen (secondary N) is 1. The highest BCUT2D eigenvalue weighted by atomic mass is 32.2. The van der Waals surface area contributed by atoms with E-state index in [9.17, 15) is 8.42 Å². The molecule has 0 amide bonds. The molecule has 1 heterocycles. The van der Waals surface area contributed by atoms with Crippen LogP contribution in [0.1, 0.15) is 11.3 Å². The van der Waals surface area contributed by atoms with E-state index in [4.69, 9.17) is 5.14 Å². The average molecular weight is 291 g/mol. The number of hydrogen-bond donors (Lipinski definition) is 2. The van der Waals surface area contributed by atoms with E-state index in [1.54, 1.807) is 18.3 Å². The lowest BCUT2D eigenvalue weighted by molar-refractivity contribution is 0.598. The van der Waals surface area contributed by atoms with Crippen molar-refractivity contribution in [1.29, 1.82) is 0 Å². The van der Waals surface area contributed by atoms with E-state index in [0.29, 0.717) is 0 Å². The Labute approximate surface area is 118 Å². The summed E-state index contributed by atoms with van der Waals surface area (Å²) in [5, 5.41) is 8.35. The molecule has 2 aromatic rings. The van der Waals surface area contributed by atoms with Gasteiger partial charge in [0.05, 0.1) is 4.90 Å². The van der Waals surface area contributed by atoms with E-state index in [1.807, 2.05) is 19.1 Å². The largest absolute Gasteiger partial charge is 0.385 e. The molecular formula is C14H17N3O2S. The number of anilines is 1. The molecule has 1 aromatic carbocycles. The lowest BCUT2D eigenvalue weighted by Crippen LogP contribution is -2.12. The van der Waals surface area contributed by atoms with Crippen LogP contribution < -0.4 is 10.5 Å². The molecule has 0 spiro atoms. The van der Waals surface area contributed by atoms with Crippen LogP contribution in [0.2, 0.25) is 0 Å². The summed E-state index contributed by atoms with van der Waals surface area (Å²) >= 11 is 0. The zero-order valence-electron chi connectivity index (χ0n) is 11.2. The Morgan fingerprint density at radius 2 is 1.90 bits per heavy atom. The number of nitrogens with zero attached hydrogens (tertiary/aromatic N) is 1. The first-order valence-corrected chi connectivity index (χ1v) is 7.78. The summed E-state index contributed by atoms with van der Waals surface area (Å²) in [4.78, 5) is 4.27. The zero-order chi connectivity index (χ0) is 14.6. The maximum absolute atomic E-state index is 11.1. The number of primary sulfonamides is 1. The molecule has 106 valence electrons. The van der Waals surface area contributed by atoms with Crippen LogP contribution >= 0.6 is 0 Å². The van der Waals surface area contributed by atoms with E-state index in [-0.39, 0.29) is 4.90 Å². The third kappa shape index (κ3) is 4.04. The van der Waals surface area contributed by atoms with Crippen LogP contribution in [0.5, 0.6) is 0 Å². The van der Waals surface area contributed by atoms with Gasteiger partial charge in [0.2, 0.25) is 10.0 Å². The first-order valence-electron chi connectivity index (χ1n) is 6.23. The molecule has 0 saturated heterocycles. The minimum absolute atomic E-state index is 0.138. The van der Waals surface area contributed by atoms with Crippen LogP contribution in [0.15, 0.2) is 47.5 Å². The predicted octanol–water partition coefficient (Wildman–Crippen LogP) is 1.69. The summed E-state index contributed by atoms with van der Waals surface area (Å²) in [6.07, 6.45) is 2.56. The van der Waals surface area contributed by atoms with Gasteiger partial charge >= 0.3 is 0 Å². The van der Waals surface area contributed by atoms with Gasteiger partial charge in [0.1, 0.15) is 0 Å². The molecule has 0 radical (unpaired) electrons. The van der Waals surface area contributed by atoms with E-state index >= 15 is 0 Å². The molecule has 0 aliphatic carbocycles. The highest BCUT2D eigenvalue weighted by Gasteiger charge is 2.06. The van der Waals surface area contributed by atoms with Gasteiger partial charge in [-0.15, -0.1) is 0 Å². The third-order valence-electron chi connectivity index (χ3n) is 2.89. The molecule has 2 rings (SSSR count). The van der Waals surface area contributed by atoms with Crippen LogP contribution in [0.4, 0.5) is 5.69 Å². The van der Waals surface area contributed by atoms with E-state index in [0.717, 1.165) is 29.9 Å². The molecule has 0 fully saturated rings. The summed E-state index contributed by atoms with van der Waals surface area (Å²) in [6.45, 7) is 2.70. The second-order valence-corrected chi connectivity index (χ2v) is 6.11. The van der Waals surface area contributed by atoms with Gasteiger partial charge in [-0.2, -0.15) is 0 Å². The Morgan fingerprint density at radius 3 is 2.50 bits per heavy atom. The van der Waals surface area contributed by atoms with Crippen LogP contribution in [0.3, 0.4) is 0 Å². The minimum Gasteiger partial charge on any atom is -0.385 e. The maximum atomic E-state index is 11.1. The Bertz CT molecular complexity index is 682. The topological polar surface area (TPSA) is 85.1 Å². The Kier molecular flexibility index (Phi) is 4.36. The quantitative estimate of drug-likeness (QED) is 0.878. The number of aromatic nitrogens is 1. The number of nitrogens with two attached hydrogens (primary N) is 1. The molecular weight excluding hydrogens is 274 g/mol. The number of pyridine rings is 1. The molecule has 0 bridgehead atoms. The lowest BCUT2D eigenvalue weighted by Gasteiger charge is -2.07. The summed E-state index contributed by atoms with van der Waals surface area (Å²) in [5.74, 6) is 0. The number of hydrogen-bond acceptors (Lipinski definition) is 4. The van der Waals surface area contributed by atoms with Gasteiger partial charge in [0.25, 0.3) is 0 Å². The predicted molar refractivity (Wildman–Crippen MR) is 79.0 cm³/mol. The molecule has 5 nitrogen and oxygen atoms in total. The van der Waals surface area contributed by atoms with Crippen molar-refractivity contribution in [3.8, 4) is 0 Å². The van der Waals surface area contributed by atoms with Crippen LogP contribution in [0, 0.1) is 6.92 Å². The Morgan fingerprint density at radius 1 is 1.20 bits per heavy atom. The SMILES string of the molecule is Cc1cc(NCCc2ccc(S(N)(=O)=O)cc2)ccn1. The van der Waals surface area contributed by atoms with Gasteiger partial charge < -0.3 is 5.32 Å². The molecule has 0 unspecified atom stereocenters. The molecule has 3 N–H and O–H groups in total. The summed E-state index contributed by atoms with van der Waals surface area (Å²) in [6, 6.07) is 10.5. The average Bonchev–Trinajstić information content (AvgIpc) is 2.38. The highest BCUT2D eigenvalue weighted by molar-refractivity contribution is 7.89. The van der Waals surface area contributed by atoms with Gasteiger partial charge in [-0.1, -0.05) is 12.1 Å². The molecule has 20 heavy (non-hydrogen) atoms. The fourth-order valence-corrected chi connectivity index (χ4v) is 2.37. The van der Waals surface area contributed by atoms with Crippen LogP contribution in [0.25, 0.3) is 0 Å². The number of aryl methyl sites for hydroxylation is 1. The second kappa shape index (κ2) is 6.02.